The molecule has 0 saturated heterocycles. The summed E-state index contributed by atoms with van der Waals surface area (Å²) in [5.41, 5.74) is 6.95. The van der Waals surface area contributed by atoms with Crippen molar-refractivity contribution in [2.75, 3.05) is 5.73 Å². The van der Waals surface area contributed by atoms with Gasteiger partial charge in [0.25, 0.3) is 0 Å². The quantitative estimate of drug-likeness (QED) is 0.506. The van der Waals surface area contributed by atoms with Gasteiger partial charge in [-0.1, -0.05) is 30.3 Å². The third-order valence-electron chi connectivity index (χ3n) is 1.92. The van der Waals surface area contributed by atoms with Crippen molar-refractivity contribution in [3.8, 4) is 5.75 Å². The summed E-state index contributed by atoms with van der Waals surface area (Å²) in [6, 6.07) is 15.9. The molecular formula is C13H15NO2. The number of nitrogen functional groups attached to an aromatic ring is 1. The van der Waals surface area contributed by atoms with Crippen LogP contribution < -0.4 is 5.73 Å². The Balaban J connectivity index is 0.000000160. The van der Waals surface area contributed by atoms with Crippen molar-refractivity contribution in [3.63, 3.8) is 0 Å². The molecule has 3 nitrogen and oxygen atoms in total. The van der Waals surface area contributed by atoms with Crippen LogP contribution in [0, 0.1) is 0 Å². The molecule has 16 heavy (non-hydrogen) atoms. The van der Waals surface area contributed by atoms with E-state index in [0.29, 0.717) is 5.69 Å². The number of rotatable bonds is 1. The Morgan fingerprint density at radius 1 is 0.875 bits per heavy atom. The van der Waals surface area contributed by atoms with E-state index >= 15 is 0 Å². The zero-order chi connectivity index (χ0) is 11.8. The molecule has 0 aliphatic carbocycles. The highest BCUT2D eigenvalue weighted by Crippen LogP contribution is 2.09. The third-order valence-corrected chi connectivity index (χ3v) is 1.92. The number of nitrogens with two attached hydrogens (primary N) is 1. The fourth-order valence-electron chi connectivity index (χ4n) is 1.06. The molecule has 2 aromatic rings. The highest BCUT2D eigenvalue weighted by molar-refractivity contribution is 5.40. The lowest BCUT2D eigenvalue weighted by Gasteiger charge is -1.89. The smallest absolute Gasteiger partial charge is 0.115 e. The molecule has 3 heteroatoms. The molecule has 0 saturated carbocycles. The first kappa shape index (κ1) is 12.1. The summed E-state index contributed by atoms with van der Waals surface area (Å²) in [6.07, 6.45) is 0. The first-order chi connectivity index (χ1) is 7.72. The molecular weight excluding hydrogens is 202 g/mol. The van der Waals surface area contributed by atoms with Crippen molar-refractivity contribution in [2.45, 2.75) is 6.61 Å². The molecule has 0 atom stereocenters. The average molecular weight is 217 g/mol. The maximum atomic E-state index is 8.70. The zero-order valence-corrected chi connectivity index (χ0v) is 8.88. The van der Waals surface area contributed by atoms with E-state index in [1.165, 1.54) is 0 Å². The first-order valence-electron chi connectivity index (χ1n) is 4.91. The molecule has 0 aromatic heterocycles. The highest BCUT2D eigenvalue weighted by atomic mass is 16.3. The Morgan fingerprint density at radius 3 is 1.81 bits per heavy atom. The van der Waals surface area contributed by atoms with E-state index in [-0.39, 0.29) is 12.4 Å². The third kappa shape index (κ3) is 4.48. The highest BCUT2D eigenvalue weighted by Gasteiger charge is 1.82. The minimum atomic E-state index is 0.140. The molecule has 0 aliphatic heterocycles. The number of aliphatic hydroxyl groups is 1. The van der Waals surface area contributed by atoms with Gasteiger partial charge in [0.05, 0.1) is 6.61 Å². The Bertz CT molecular complexity index is 377. The van der Waals surface area contributed by atoms with Crippen LogP contribution in [0.3, 0.4) is 0 Å². The fraction of sp³-hybridized carbons (Fsp3) is 0.0769. The Hall–Kier alpha value is -2.00. The molecule has 0 unspecified atom stereocenters. The fourth-order valence-corrected chi connectivity index (χ4v) is 1.06. The predicted molar refractivity (Wildman–Crippen MR) is 64.9 cm³/mol. The maximum Gasteiger partial charge on any atom is 0.115 e. The number of aliphatic hydroxyl groups excluding tert-OH is 1. The van der Waals surface area contributed by atoms with Gasteiger partial charge in [0.2, 0.25) is 0 Å². The number of hydrogen-bond acceptors (Lipinski definition) is 3. The van der Waals surface area contributed by atoms with Crippen molar-refractivity contribution in [1.29, 1.82) is 0 Å². The molecule has 0 fully saturated rings. The van der Waals surface area contributed by atoms with Crippen molar-refractivity contribution < 1.29 is 10.2 Å². The molecule has 4 N–H and O–H groups in total. The van der Waals surface area contributed by atoms with Crippen LogP contribution in [0.5, 0.6) is 5.75 Å². The van der Waals surface area contributed by atoms with Crippen molar-refractivity contribution >= 4 is 5.69 Å². The van der Waals surface area contributed by atoms with Gasteiger partial charge in [0.1, 0.15) is 5.75 Å². The first-order valence-corrected chi connectivity index (χ1v) is 4.91. The topological polar surface area (TPSA) is 66.5 Å². The number of phenols is 1. The van der Waals surface area contributed by atoms with Gasteiger partial charge in [-0.3, -0.25) is 0 Å². The summed E-state index contributed by atoms with van der Waals surface area (Å²) >= 11 is 0. The van der Waals surface area contributed by atoms with E-state index < -0.39 is 0 Å². The lowest BCUT2D eigenvalue weighted by atomic mass is 10.2. The second-order valence-corrected chi connectivity index (χ2v) is 3.24. The average Bonchev–Trinajstić information content (AvgIpc) is 2.35. The Labute approximate surface area is 94.8 Å². The summed E-state index contributed by atoms with van der Waals surface area (Å²) < 4.78 is 0. The van der Waals surface area contributed by atoms with Crippen LogP contribution in [0.25, 0.3) is 0 Å². The summed E-state index contributed by atoms with van der Waals surface area (Å²) in [4.78, 5) is 0. The van der Waals surface area contributed by atoms with Gasteiger partial charge in [-0.15, -0.1) is 0 Å². The predicted octanol–water partition coefficient (Wildman–Crippen LogP) is 2.15. The SMILES string of the molecule is Nc1ccc(O)cc1.OCc1ccccc1. The second kappa shape index (κ2) is 6.48. The standard InChI is InChI=1S/C7H8O.C6H7NO/c8-6-7-4-2-1-3-5-7;7-5-1-3-6(8)4-2-5/h1-5,8H,6H2;1-4,8H,7H2. The van der Waals surface area contributed by atoms with Gasteiger partial charge in [0.15, 0.2) is 0 Å². The normalized spacial score (nSPS) is 9.06. The lowest BCUT2D eigenvalue weighted by Crippen LogP contribution is -1.80. The minimum absolute atomic E-state index is 0.140. The minimum Gasteiger partial charge on any atom is -0.508 e. The van der Waals surface area contributed by atoms with Gasteiger partial charge in [-0.05, 0) is 29.8 Å². The number of benzene rings is 2. The molecule has 2 rings (SSSR count). The zero-order valence-electron chi connectivity index (χ0n) is 8.88. The van der Waals surface area contributed by atoms with Crippen molar-refractivity contribution in [1.82, 2.24) is 0 Å². The summed E-state index contributed by atoms with van der Waals surface area (Å²) in [5, 5.41) is 17.2. The van der Waals surface area contributed by atoms with Crippen LogP contribution >= 0.6 is 0 Å². The number of hydrogen-bond donors (Lipinski definition) is 3. The molecule has 0 bridgehead atoms. The maximum absolute atomic E-state index is 8.70. The monoisotopic (exact) mass is 217 g/mol. The van der Waals surface area contributed by atoms with E-state index in [9.17, 15) is 0 Å². The van der Waals surface area contributed by atoms with Gasteiger partial charge in [-0.2, -0.15) is 0 Å². The number of anilines is 1. The van der Waals surface area contributed by atoms with Crippen LogP contribution in [-0.2, 0) is 6.61 Å². The van der Waals surface area contributed by atoms with Gasteiger partial charge < -0.3 is 15.9 Å². The molecule has 84 valence electrons. The summed E-state index contributed by atoms with van der Waals surface area (Å²) in [7, 11) is 0. The van der Waals surface area contributed by atoms with Crippen molar-refractivity contribution in [2.24, 2.45) is 0 Å². The second-order valence-electron chi connectivity index (χ2n) is 3.24. The van der Waals surface area contributed by atoms with E-state index in [1.807, 2.05) is 30.3 Å². The van der Waals surface area contributed by atoms with Crippen LogP contribution in [-0.4, -0.2) is 10.2 Å². The van der Waals surface area contributed by atoms with Gasteiger partial charge in [-0.25, -0.2) is 0 Å². The van der Waals surface area contributed by atoms with Crippen LogP contribution in [0.4, 0.5) is 5.69 Å². The summed E-state index contributed by atoms with van der Waals surface area (Å²) in [6.45, 7) is 0.140. The van der Waals surface area contributed by atoms with Crippen LogP contribution in [0.1, 0.15) is 5.56 Å². The van der Waals surface area contributed by atoms with E-state index in [0.717, 1.165) is 5.56 Å². The molecule has 0 amide bonds. The van der Waals surface area contributed by atoms with E-state index in [1.54, 1.807) is 24.3 Å². The Morgan fingerprint density at radius 2 is 1.44 bits per heavy atom. The van der Waals surface area contributed by atoms with E-state index in [4.69, 9.17) is 15.9 Å². The number of aromatic hydroxyl groups is 1. The molecule has 0 heterocycles. The van der Waals surface area contributed by atoms with E-state index in [2.05, 4.69) is 0 Å². The largest absolute Gasteiger partial charge is 0.508 e. The summed E-state index contributed by atoms with van der Waals surface area (Å²) in [5.74, 6) is 0.249. The Kier molecular flexibility index (Phi) is 4.89. The molecule has 0 radical (unpaired) electrons. The number of phenolic OH excluding ortho intramolecular Hbond substituents is 1. The van der Waals surface area contributed by atoms with Crippen LogP contribution in [0.2, 0.25) is 0 Å². The lowest BCUT2D eigenvalue weighted by molar-refractivity contribution is 0.282. The van der Waals surface area contributed by atoms with Gasteiger partial charge >= 0.3 is 0 Å². The molecule has 2 aromatic carbocycles. The van der Waals surface area contributed by atoms with Crippen molar-refractivity contribution in [3.05, 3.63) is 60.2 Å². The van der Waals surface area contributed by atoms with Gasteiger partial charge in [0, 0.05) is 5.69 Å². The van der Waals surface area contributed by atoms with Crippen LogP contribution in [0.15, 0.2) is 54.6 Å². The molecule has 0 spiro atoms. The molecule has 0 aliphatic rings.